The summed E-state index contributed by atoms with van der Waals surface area (Å²) in [5.41, 5.74) is -1.51. The van der Waals surface area contributed by atoms with Crippen molar-refractivity contribution in [2.75, 3.05) is 7.11 Å². The lowest BCUT2D eigenvalue weighted by Gasteiger charge is -2.37. The van der Waals surface area contributed by atoms with Crippen LogP contribution in [0.4, 0.5) is 9.18 Å². The molecule has 0 aromatic heterocycles. The van der Waals surface area contributed by atoms with E-state index in [2.05, 4.69) is 5.32 Å². The van der Waals surface area contributed by atoms with E-state index in [4.69, 9.17) is 14.2 Å². The molecule has 0 spiro atoms. The Labute approximate surface area is 176 Å². The Bertz CT molecular complexity index is 865. The number of hydrogen-bond donors (Lipinski definition) is 1. The maximum absolute atomic E-state index is 14.8. The summed E-state index contributed by atoms with van der Waals surface area (Å²) in [6.45, 7) is 6.67. The van der Waals surface area contributed by atoms with Crippen LogP contribution in [0.5, 0.6) is 0 Å². The Hall–Kier alpha value is -2.93. The van der Waals surface area contributed by atoms with Crippen LogP contribution in [-0.4, -0.2) is 30.9 Å². The normalized spacial score (nSPS) is 14.3. The highest BCUT2D eigenvalue weighted by atomic mass is 19.1. The van der Waals surface area contributed by atoms with Crippen molar-refractivity contribution >= 4 is 12.1 Å². The summed E-state index contributed by atoms with van der Waals surface area (Å²) in [6.07, 6.45) is -2.16. The lowest BCUT2D eigenvalue weighted by molar-refractivity contribution is -0.161. The predicted molar refractivity (Wildman–Crippen MR) is 110 cm³/mol. The van der Waals surface area contributed by atoms with Crippen LogP contribution in [0.25, 0.3) is 0 Å². The van der Waals surface area contributed by atoms with Crippen LogP contribution in [0, 0.1) is 5.82 Å². The second-order valence-corrected chi connectivity index (χ2v) is 8.01. The highest BCUT2D eigenvalue weighted by Crippen LogP contribution is 2.31. The molecular weight excluding hydrogens is 389 g/mol. The Kier molecular flexibility index (Phi) is 7.56. The van der Waals surface area contributed by atoms with Crippen molar-refractivity contribution in [3.8, 4) is 0 Å². The van der Waals surface area contributed by atoms with Gasteiger partial charge >= 0.3 is 12.1 Å². The zero-order valence-corrected chi connectivity index (χ0v) is 17.9. The van der Waals surface area contributed by atoms with Gasteiger partial charge in [-0.15, -0.1) is 0 Å². The summed E-state index contributed by atoms with van der Waals surface area (Å²) >= 11 is 0. The maximum atomic E-state index is 14.8. The average Bonchev–Trinajstić information content (AvgIpc) is 2.67. The zero-order chi connectivity index (χ0) is 22.4. The van der Waals surface area contributed by atoms with Crippen LogP contribution in [0.15, 0.2) is 54.6 Å². The van der Waals surface area contributed by atoms with Gasteiger partial charge in [-0.25, -0.2) is 14.0 Å². The first-order valence-electron chi connectivity index (χ1n) is 9.56. The smallest absolute Gasteiger partial charge is 0.408 e. The molecule has 0 heterocycles. The van der Waals surface area contributed by atoms with Crippen LogP contribution in [0.1, 0.15) is 38.8 Å². The summed E-state index contributed by atoms with van der Waals surface area (Å²) in [5.74, 6) is -1.36. The minimum atomic E-state index is -1.60. The maximum Gasteiger partial charge on any atom is 0.408 e. The van der Waals surface area contributed by atoms with E-state index in [-0.39, 0.29) is 12.2 Å². The molecular formula is C23H28FNO5. The van der Waals surface area contributed by atoms with Gasteiger partial charge in [-0.1, -0.05) is 48.5 Å². The molecule has 30 heavy (non-hydrogen) atoms. The van der Waals surface area contributed by atoms with Crippen LogP contribution in [-0.2, 0) is 31.2 Å². The van der Waals surface area contributed by atoms with E-state index < -0.39 is 35.1 Å². The third kappa shape index (κ3) is 6.03. The molecule has 0 bridgehead atoms. The number of alkyl carbamates (subject to hydrolysis) is 1. The van der Waals surface area contributed by atoms with Crippen LogP contribution in [0.2, 0.25) is 0 Å². The summed E-state index contributed by atoms with van der Waals surface area (Å²) < 4.78 is 30.9. The van der Waals surface area contributed by atoms with Gasteiger partial charge < -0.3 is 19.5 Å². The number of ether oxygens (including phenoxy) is 3. The summed E-state index contributed by atoms with van der Waals surface area (Å²) in [6, 6.07) is 15.0. The third-order valence-corrected chi connectivity index (χ3v) is 4.39. The average molecular weight is 417 g/mol. The fourth-order valence-corrected chi connectivity index (χ4v) is 3.00. The first-order chi connectivity index (χ1) is 14.1. The number of hydrogen-bond acceptors (Lipinski definition) is 5. The number of benzene rings is 2. The SMILES string of the molecule is COC(=O)C(OCc1ccccc1)[C@](C)(NC(=O)OC(C)(C)C)c1ccccc1F. The minimum Gasteiger partial charge on any atom is -0.467 e. The van der Waals surface area contributed by atoms with Gasteiger partial charge in [0.2, 0.25) is 0 Å². The molecule has 2 aromatic rings. The van der Waals surface area contributed by atoms with Gasteiger partial charge in [0, 0.05) is 5.56 Å². The first-order valence-corrected chi connectivity index (χ1v) is 9.56. The van der Waals surface area contributed by atoms with Gasteiger partial charge in [0.15, 0.2) is 6.10 Å². The van der Waals surface area contributed by atoms with E-state index in [1.807, 2.05) is 30.3 Å². The molecule has 2 aromatic carbocycles. The highest BCUT2D eigenvalue weighted by Gasteiger charge is 2.46. The molecule has 0 saturated carbocycles. The Morgan fingerprint density at radius 1 is 1.00 bits per heavy atom. The van der Waals surface area contributed by atoms with Crippen molar-refractivity contribution in [3.63, 3.8) is 0 Å². The predicted octanol–water partition coefficient (Wildman–Crippen LogP) is 4.32. The van der Waals surface area contributed by atoms with Crippen molar-refractivity contribution in [2.24, 2.45) is 0 Å². The number of nitrogens with one attached hydrogen (secondary N) is 1. The standard InChI is InChI=1S/C23H28FNO5/c1-22(2,3)30-21(27)25-23(4,17-13-9-10-14-18(17)24)19(20(26)28-5)29-15-16-11-7-6-8-12-16/h6-14,19H,15H2,1-5H3,(H,25,27)/t19?,23-/m1/s1. The third-order valence-electron chi connectivity index (χ3n) is 4.39. The van der Waals surface area contributed by atoms with Crippen LogP contribution >= 0.6 is 0 Å². The van der Waals surface area contributed by atoms with Gasteiger partial charge in [0.1, 0.15) is 17.0 Å². The summed E-state index contributed by atoms with van der Waals surface area (Å²) in [5, 5.41) is 2.63. The fraction of sp³-hybridized carbons (Fsp3) is 0.391. The van der Waals surface area contributed by atoms with E-state index >= 15 is 0 Å². The van der Waals surface area contributed by atoms with Crippen molar-refractivity contribution < 1.29 is 28.2 Å². The molecule has 0 aliphatic rings. The molecule has 0 aliphatic carbocycles. The lowest BCUT2D eigenvalue weighted by atomic mass is 9.85. The van der Waals surface area contributed by atoms with Gasteiger partial charge in [-0.05, 0) is 39.3 Å². The molecule has 2 rings (SSSR count). The number of halogens is 1. The monoisotopic (exact) mass is 417 g/mol. The fourth-order valence-electron chi connectivity index (χ4n) is 3.00. The van der Waals surface area contributed by atoms with Gasteiger partial charge in [0.25, 0.3) is 0 Å². The van der Waals surface area contributed by atoms with Gasteiger partial charge in [0.05, 0.1) is 13.7 Å². The van der Waals surface area contributed by atoms with E-state index in [0.29, 0.717) is 0 Å². The van der Waals surface area contributed by atoms with E-state index in [0.717, 1.165) is 5.56 Å². The van der Waals surface area contributed by atoms with E-state index in [1.165, 1.54) is 32.2 Å². The highest BCUT2D eigenvalue weighted by molar-refractivity contribution is 5.79. The van der Waals surface area contributed by atoms with Crippen LogP contribution in [0.3, 0.4) is 0 Å². The summed E-state index contributed by atoms with van der Waals surface area (Å²) in [4.78, 5) is 25.3. The second kappa shape index (κ2) is 9.71. The van der Waals surface area contributed by atoms with Crippen molar-refractivity contribution in [1.29, 1.82) is 0 Å². The zero-order valence-electron chi connectivity index (χ0n) is 17.9. The topological polar surface area (TPSA) is 73.9 Å². The number of methoxy groups -OCH3 is 1. The molecule has 7 heteroatoms. The minimum absolute atomic E-state index is 0.0562. The van der Waals surface area contributed by atoms with Crippen molar-refractivity contribution in [1.82, 2.24) is 5.32 Å². The lowest BCUT2D eigenvalue weighted by Crippen LogP contribution is -2.57. The molecule has 0 saturated heterocycles. The Morgan fingerprint density at radius 3 is 2.17 bits per heavy atom. The quantitative estimate of drug-likeness (QED) is 0.679. The molecule has 0 fully saturated rings. The molecule has 1 N–H and O–H groups in total. The first kappa shape index (κ1) is 23.3. The molecule has 0 radical (unpaired) electrons. The van der Waals surface area contributed by atoms with Crippen LogP contribution < -0.4 is 5.32 Å². The second-order valence-electron chi connectivity index (χ2n) is 8.01. The number of esters is 1. The van der Waals surface area contributed by atoms with E-state index in [9.17, 15) is 14.0 Å². The molecule has 2 atom stereocenters. The van der Waals surface area contributed by atoms with Gasteiger partial charge in [-0.3, -0.25) is 0 Å². The van der Waals surface area contributed by atoms with Crippen molar-refractivity contribution in [3.05, 3.63) is 71.5 Å². The van der Waals surface area contributed by atoms with Gasteiger partial charge in [-0.2, -0.15) is 0 Å². The molecule has 1 amide bonds. The molecule has 1 unspecified atom stereocenters. The number of amides is 1. The number of carbonyl (C=O) groups excluding carboxylic acids is 2. The molecule has 162 valence electrons. The molecule has 6 nitrogen and oxygen atoms in total. The van der Waals surface area contributed by atoms with E-state index in [1.54, 1.807) is 26.8 Å². The summed E-state index contributed by atoms with van der Waals surface area (Å²) in [7, 11) is 1.20. The Balaban J connectivity index is 2.45. The largest absolute Gasteiger partial charge is 0.467 e. The number of carbonyl (C=O) groups is 2. The molecule has 0 aliphatic heterocycles. The Morgan fingerprint density at radius 2 is 1.60 bits per heavy atom. The number of rotatable bonds is 7. The van der Waals surface area contributed by atoms with Crippen molar-refractivity contribution in [2.45, 2.75) is 51.5 Å².